The molecule has 10 heteroatoms. The van der Waals surface area contributed by atoms with Gasteiger partial charge in [0.2, 0.25) is 10.0 Å². The lowest BCUT2D eigenvalue weighted by Gasteiger charge is -2.29. The van der Waals surface area contributed by atoms with Gasteiger partial charge < -0.3 is 20.1 Å². The van der Waals surface area contributed by atoms with Crippen LogP contribution >= 0.6 is 0 Å². The molecule has 2 amide bonds. The van der Waals surface area contributed by atoms with E-state index in [1.807, 2.05) is 0 Å². The van der Waals surface area contributed by atoms with E-state index < -0.39 is 21.8 Å². The number of para-hydroxylation sites is 1. The number of benzene rings is 2. The molecule has 9 nitrogen and oxygen atoms in total. The predicted molar refractivity (Wildman–Crippen MR) is 117 cm³/mol. The third-order valence-electron chi connectivity index (χ3n) is 4.89. The van der Waals surface area contributed by atoms with Gasteiger partial charge in [0.25, 0.3) is 0 Å². The van der Waals surface area contributed by atoms with E-state index in [0.29, 0.717) is 30.2 Å². The van der Waals surface area contributed by atoms with Crippen molar-refractivity contribution in [1.29, 1.82) is 0 Å². The molecule has 1 aliphatic heterocycles. The number of carbonyl (C=O) groups is 2. The second-order valence-electron chi connectivity index (χ2n) is 6.93. The minimum atomic E-state index is -3.47. The Morgan fingerprint density at radius 3 is 2.45 bits per heavy atom. The van der Waals surface area contributed by atoms with Gasteiger partial charge in [-0.2, -0.15) is 0 Å². The number of methoxy groups -OCH3 is 2. The molecule has 0 bridgehead atoms. The van der Waals surface area contributed by atoms with Crippen LogP contribution < -0.4 is 24.4 Å². The Kier molecular flexibility index (Phi) is 7.01. The Labute approximate surface area is 181 Å². The van der Waals surface area contributed by atoms with E-state index in [0.717, 1.165) is 12.0 Å². The van der Waals surface area contributed by atoms with E-state index in [1.54, 1.807) is 36.4 Å². The van der Waals surface area contributed by atoms with Gasteiger partial charge in [-0.15, -0.1) is 0 Å². The average Bonchev–Trinajstić information content (AvgIpc) is 2.77. The van der Waals surface area contributed by atoms with Crippen molar-refractivity contribution in [1.82, 2.24) is 5.32 Å². The molecule has 1 fully saturated rings. The van der Waals surface area contributed by atoms with Crippen LogP contribution in [0.15, 0.2) is 42.5 Å². The number of anilines is 2. The molecular formula is C21H25N3O6S. The van der Waals surface area contributed by atoms with Crippen LogP contribution in [0.1, 0.15) is 18.4 Å². The van der Waals surface area contributed by atoms with Gasteiger partial charge in [0.05, 0.1) is 25.7 Å². The SMILES string of the molecule is COc1ccccc1CNC(=O)C(=O)Nc1ccc(OC)c(N2CCCCS2(=O)=O)c1. The Hall–Kier alpha value is -3.27. The Morgan fingerprint density at radius 1 is 1.00 bits per heavy atom. The van der Waals surface area contributed by atoms with Gasteiger partial charge in [0.15, 0.2) is 0 Å². The second-order valence-corrected chi connectivity index (χ2v) is 8.94. The van der Waals surface area contributed by atoms with Gasteiger partial charge in [-0.25, -0.2) is 8.42 Å². The molecule has 0 saturated carbocycles. The Morgan fingerprint density at radius 2 is 1.74 bits per heavy atom. The molecule has 0 radical (unpaired) electrons. The molecule has 1 heterocycles. The number of carbonyl (C=O) groups excluding carboxylic acids is 2. The van der Waals surface area contributed by atoms with Crippen molar-refractivity contribution in [2.45, 2.75) is 19.4 Å². The summed E-state index contributed by atoms with van der Waals surface area (Å²) in [4.78, 5) is 24.6. The fraction of sp³-hybridized carbons (Fsp3) is 0.333. The van der Waals surface area contributed by atoms with E-state index in [9.17, 15) is 18.0 Å². The number of sulfonamides is 1. The van der Waals surface area contributed by atoms with Crippen LogP contribution in [-0.4, -0.2) is 46.7 Å². The van der Waals surface area contributed by atoms with Crippen molar-refractivity contribution in [3.63, 3.8) is 0 Å². The average molecular weight is 448 g/mol. The zero-order chi connectivity index (χ0) is 22.4. The summed E-state index contributed by atoms with van der Waals surface area (Å²) in [7, 11) is -0.499. The predicted octanol–water partition coefficient (Wildman–Crippen LogP) is 1.89. The van der Waals surface area contributed by atoms with Gasteiger partial charge in [0, 0.05) is 24.3 Å². The molecule has 0 unspecified atom stereocenters. The standard InChI is InChI=1S/C21H25N3O6S/c1-29-18-8-4-3-7-15(18)14-22-20(25)21(26)23-16-9-10-19(30-2)17(13-16)24-11-5-6-12-31(24,27)28/h3-4,7-10,13H,5-6,11-12,14H2,1-2H3,(H,22,25)(H,23,26). The molecule has 1 aliphatic rings. The molecule has 0 spiro atoms. The van der Waals surface area contributed by atoms with E-state index in [1.165, 1.54) is 24.6 Å². The lowest BCUT2D eigenvalue weighted by Crippen LogP contribution is -2.38. The van der Waals surface area contributed by atoms with Crippen LogP contribution in [0.3, 0.4) is 0 Å². The highest BCUT2D eigenvalue weighted by Crippen LogP contribution is 2.35. The van der Waals surface area contributed by atoms with E-state index >= 15 is 0 Å². The monoisotopic (exact) mass is 447 g/mol. The van der Waals surface area contributed by atoms with Crippen molar-refractivity contribution < 1.29 is 27.5 Å². The van der Waals surface area contributed by atoms with Crippen molar-refractivity contribution in [2.75, 3.05) is 36.1 Å². The maximum atomic E-state index is 12.5. The van der Waals surface area contributed by atoms with E-state index in [2.05, 4.69) is 10.6 Å². The number of ether oxygens (including phenoxy) is 2. The molecule has 2 N–H and O–H groups in total. The molecule has 0 aromatic heterocycles. The van der Waals surface area contributed by atoms with E-state index in [4.69, 9.17) is 9.47 Å². The molecule has 3 rings (SSSR count). The summed E-state index contributed by atoms with van der Waals surface area (Å²) >= 11 is 0. The van der Waals surface area contributed by atoms with Crippen LogP contribution in [0.4, 0.5) is 11.4 Å². The number of hydrogen-bond donors (Lipinski definition) is 2. The van der Waals surface area contributed by atoms with E-state index in [-0.39, 0.29) is 18.0 Å². The first-order chi connectivity index (χ1) is 14.9. The van der Waals surface area contributed by atoms with Crippen molar-refractivity contribution in [2.24, 2.45) is 0 Å². The maximum absolute atomic E-state index is 12.5. The summed E-state index contributed by atoms with van der Waals surface area (Å²) in [5.74, 6) is -0.672. The summed E-state index contributed by atoms with van der Waals surface area (Å²) < 4.78 is 36.8. The van der Waals surface area contributed by atoms with Gasteiger partial charge >= 0.3 is 11.8 Å². The molecule has 2 aromatic rings. The first-order valence-electron chi connectivity index (χ1n) is 9.75. The highest BCUT2D eigenvalue weighted by atomic mass is 32.2. The molecule has 2 aromatic carbocycles. The van der Waals surface area contributed by atoms with Gasteiger partial charge in [-0.05, 0) is 37.1 Å². The summed E-state index contributed by atoms with van der Waals surface area (Å²) in [6.07, 6.45) is 1.33. The minimum Gasteiger partial charge on any atom is -0.496 e. The van der Waals surface area contributed by atoms with Crippen molar-refractivity contribution in [3.05, 3.63) is 48.0 Å². The second kappa shape index (κ2) is 9.69. The minimum absolute atomic E-state index is 0.0537. The quantitative estimate of drug-likeness (QED) is 0.654. The van der Waals surface area contributed by atoms with Gasteiger partial charge in [0.1, 0.15) is 11.5 Å². The zero-order valence-electron chi connectivity index (χ0n) is 17.4. The highest BCUT2D eigenvalue weighted by molar-refractivity contribution is 7.92. The molecular weight excluding hydrogens is 422 g/mol. The zero-order valence-corrected chi connectivity index (χ0v) is 18.2. The molecule has 0 atom stereocenters. The van der Waals surface area contributed by atoms with Gasteiger partial charge in [-0.1, -0.05) is 18.2 Å². The maximum Gasteiger partial charge on any atom is 0.313 e. The van der Waals surface area contributed by atoms with Crippen molar-refractivity contribution in [3.8, 4) is 11.5 Å². The first-order valence-corrected chi connectivity index (χ1v) is 11.4. The number of nitrogens with zero attached hydrogens (tertiary/aromatic N) is 1. The third kappa shape index (κ3) is 5.26. The van der Waals surface area contributed by atoms with Crippen LogP contribution in [-0.2, 0) is 26.2 Å². The summed E-state index contributed by atoms with van der Waals surface area (Å²) in [5.41, 5.74) is 1.34. The lowest BCUT2D eigenvalue weighted by atomic mass is 10.2. The molecule has 0 aliphatic carbocycles. The number of amides is 2. The summed E-state index contributed by atoms with van der Waals surface area (Å²) in [6.45, 7) is 0.450. The van der Waals surface area contributed by atoms with Crippen molar-refractivity contribution >= 4 is 33.2 Å². The number of nitrogens with one attached hydrogen (secondary N) is 2. The largest absolute Gasteiger partial charge is 0.496 e. The summed E-state index contributed by atoms with van der Waals surface area (Å²) in [6, 6.07) is 11.7. The summed E-state index contributed by atoms with van der Waals surface area (Å²) in [5, 5.41) is 5.05. The fourth-order valence-corrected chi connectivity index (χ4v) is 4.95. The third-order valence-corrected chi connectivity index (χ3v) is 6.75. The Balaban J connectivity index is 1.71. The van der Waals surface area contributed by atoms with Gasteiger partial charge in [-0.3, -0.25) is 13.9 Å². The smallest absolute Gasteiger partial charge is 0.313 e. The molecule has 166 valence electrons. The molecule has 1 saturated heterocycles. The molecule has 31 heavy (non-hydrogen) atoms. The fourth-order valence-electron chi connectivity index (χ4n) is 3.31. The van der Waals surface area contributed by atoms with Crippen LogP contribution in [0.2, 0.25) is 0 Å². The van der Waals surface area contributed by atoms with Crippen LogP contribution in [0, 0.1) is 0 Å². The highest BCUT2D eigenvalue weighted by Gasteiger charge is 2.28. The first kappa shape index (κ1) is 22.4. The van der Waals surface area contributed by atoms with Crippen LogP contribution in [0.25, 0.3) is 0 Å². The lowest BCUT2D eigenvalue weighted by molar-refractivity contribution is -0.136. The Bertz CT molecular complexity index is 1070. The van der Waals surface area contributed by atoms with Crippen LogP contribution in [0.5, 0.6) is 11.5 Å². The number of hydrogen-bond acceptors (Lipinski definition) is 6. The topological polar surface area (TPSA) is 114 Å². The normalized spacial score (nSPS) is 15.1. The number of rotatable bonds is 6.